The number of aromatic nitrogens is 2. The van der Waals surface area contributed by atoms with E-state index in [1.807, 2.05) is 16.9 Å². The van der Waals surface area contributed by atoms with E-state index in [4.69, 9.17) is 16.3 Å². The van der Waals surface area contributed by atoms with E-state index in [0.29, 0.717) is 13.1 Å². The minimum absolute atomic E-state index is 0.0331. The molecule has 1 fully saturated rings. The average Bonchev–Trinajstić information content (AvgIpc) is 2.95. The molecule has 1 aliphatic rings. The van der Waals surface area contributed by atoms with Crippen molar-refractivity contribution in [1.29, 1.82) is 0 Å². The third kappa shape index (κ3) is 2.45. The van der Waals surface area contributed by atoms with E-state index in [-0.39, 0.29) is 18.1 Å². The second-order valence-electron chi connectivity index (χ2n) is 4.19. The van der Waals surface area contributed by atoms with Crippen LogP contribution in [0.25, 0.3) is 0 Å². The first kappa shape index (κ1) is 12.4. The lowest BCUT2D eigenvalue weighted by Crippen LogP contribution is -2.34. The van der Waals surface area contributed by atoms with Gasteiger partial charge in [0.25, 0.3) is 0 Å². The predicted molar refractivity (Wildman–Crippen MR) is 64.0 cm³/mol. The van der Waals surface area contributed by atoms with E-state index in [1.165, 1.54) is 0 Å². The monoisotopic (exact) mass is 257 g/mol. The highest BCUT2D eigenvalue weighted by molar-refractivity contribution is 6.30. The van der Waals surface area contributed by atoms with Gasteiger partial charge in [-0.15, -0.1) is 11.6 Å². The van der Waals surface area contributed by atoms with Gasteiger partial charge in [-0.1, -0.05) is 0 Å². The van der Waals surface area contributed by atoms with Crippen LogP contribution in [0.5, 0.6) is 0 Å². The molecule has 1 aromatic heterocycles. The van der Waals surface area contributed by atoms with Gasteiger partial charge in [-0.25, -0.2) is 0 Å². The first-order valence-corrected chi connectivity index (χ1v) is 6.02. The van der Waals surface area contributed by atoms with E-state index < -0.39 is 5.38 Å². The molecule has 0 radical (unpaired) electrons. The first-order valence-electron chi connectivity index (χ1n) is 5.58. The molecule has 1 saturated heterocycles. The molecule has 5 nitrogen and oxygen atoms in total. The summed E-state index contributed by atoms with van der Waals surface area (Å²) in [5.74, 6) is -0.0524. The van der Waals surface area contributed by atoms with Crippen LogP contribution < -0.4 is 0 Å². The SMILES string of the molecule is CO[C@@H]1CN(C(=O)[C@H](C)Cl)C[C@@H]1n1cccn1. The van der Waals surface area contributed by atoms with E-state index in [9.17, 15) is 4.79 Å². The fourth-order valence-corrected chi connectivity index (χ4v) is 2.29. The van der Waals surface area contributed by atoms with Gasteiger partial charge in [0.2, 0.25) is 5.91 Å². The van der Waals surface area contributed by atoms with Crippen molar-refractivity contribution in [2.24, 2.45) is 0 Å². The van der Waals surface area contributed by atoms with Gasteiger partial charge in [-0.2, -0.15) is 5.10 Å². The zero-order chi connectivity index (χ0) is 12.4. The number of ether oxygens (including phenoxy) is 1. The van der Waals surface area contributed by atoms with Crippen LogP contribution in [-0.4, -0.2) is 52.3 Å². The summed E-state index contributed by atoms with van der Waals surface area (Å²) in [6.07, 6.45) is 3.57. The Hall–Kier alpha value is -1.07. The number of methoxy groups -OCH3 is 1. The predicted octanol–water partition coefficient (Wildman–Crippen LogP) is 0.909. The molecule has 0 unspecified atom stereocenters. The molecule has 0 saturated carbocycles. The molecule has 3 atom stereocenters. The van der Waals surface area contributed by atoms with Crippen LogP contribution in [0.4, 0.5) is 0 Å². The molecule has 94 valence electrons. The first-order chi connectivity index (χ1) is 8.13. The summed E-state index contributed by atoms with van der Waals surface area (Å²) in [7, 11) is 1.65. The number of halogens is 1. The van der Waals surface area contributed by atoms with Crippen LogP contribution in [-0.2, 0) is 9.53 Å². The Kier molecular flexibility index (Phi) is 3.69. The molecule has 17 heavy (non-hydrogen) atoms. The molecule has 0 spiro atoms. The maximum absolute atomic E-state index is 11.8. The smallest absolute Gasteiger partial charge is 0.240 e. The van der Waals surface area contributed by atoms with Gasteiger partial charge >= 0.3 is 0 Å². The fraction of sp³-hybridized carbons (Fsp3) is 0.636. The van der Waals surface area contributed by atoms with Gasteiger partial charge in [0, 0.05) is 32.6 Å². The summed E-state index contributed by atoms with van der Waals surface area (Å²) in [6.45, 7) is 2.85. The van der Waals surface area contributed by atoms with Gasteiger partial charge < -0.3 is 9.64 Å². The molecule has 2 rings (SSSR count). The molecule has 6 heteroatoms. The van der Waals surface area contributed by atoms with Crippen molar-refractivity contribution in [3.8, 4) is 0 Å². The summed E-state index contributed by atoms with van der Waals surface area (Å²) in [6, 6.07) is 1.93. The lowest BCUT2D eigenvalue weighted by atomic mass is 10.2. The van der Waals surface area contributed by atoms with Crippen LogP contribution in [0.15, 0.2) is 18.5 Å². The molecule has 1 aliphatic heterocycles. The Morgan fingerprint density at radius 1 is 1.59 bits per heavy atom. The Morgan fingerprint density at radius 2 is 2.35 bits per heavy atom. The van der Waals surface area contributed by atoms with Crippen molar-refractivity contribution < 1.29 is 9.53 Å². The van der Waals surface area contributed by atoms with Crippen molar-refractivity contribution in [2.45, 2.75) is 24.4 Å². The highest BCUT2D eigenvalue weighted by Gasteiger charge is 2.37. The highest BCUT2D eigenvalue weighted by atomic mass is 35.5. The molecule has 1 aromatic rings. The number of hydrogen-bond donors (Lipinski definition) is 0. The third-order valence-corrected chi connectivity index (χ3v) is 3.24. The van der Waals surface area contributed by atoms with E-state index in [1.54, 1.807) is 25.1 Å². The Bertz CT molecular complexity index is 380. The number of carbonyl (C=O) groups excluding carboxylic acids is 1. The lowest BCUT2D eigenvalue weighted by Gasteiger charge is -2.17. The second kappa shape index (κ2) is 5.06. The third-order valence-electron chi connectivity index (χ3n) is 3.06. The van der Waals surface area contributed by atoms with Gasteiger partial charge in [0.05, 0.1) is 12.1 Å². The molecule has 0 bridgehead atoms. The minimum atomic E-state index is -0.496. The van der Waals surface area contributed by atoms with Gasteiger partial charge in [0.15, 0.2) is 0 Å². The zero-order valence-electron chi connectivity index (χ0n) is 9.91. The Labute approximate surface area is 105 Å². The lowest BCUT2D eigenvalue weighted by molar-refractivity contribution is -0.129. The maximum Gasteiger partial charge on any atom is 0.240 e. The zero-order valence-corrected chi connectivity index (χ0v) is 10.7. The molecular weight excluding hydrogens is 242 g/mol. The van der Waals surface area contributed by atoms with Gasteiger partial charge in [-0.05, 0) is 13.0 Å². The van der Waals surface area contributed by atoms with Crippen molar-refractivity contribution >= 4 is 17.5 Å². The van der Waals surface area contributed by atoms with Crippen LogP contribution in [0.2, 0.25) is 0 Å². The summed E-state index contributed by atoms with van der Waals surface area (Å²) in [5, 5.41) is 3.70. The summed E-state index contributed by atoms with van der Waals surface area (Å²) < 4.78 is 7.24. The fourth-order valence-electron chi connectivity index (χ4n) is 2.15. The topological polar surface area (TPSA) is 47.4 Å². The van der Waals surface area contributed by atoms with E-state index in [2.05, 4.69) is 5.10 Å². The van der Waals surface area contributed by atoms with Crippen LogP contribution in [0.3, 0.4) is 0 Å². The quantitative estimate of drug-likeness (QED) is 0.757. The summed E-state index contributed by atoms with van der Waals surface area (Å²) in [4.78, 5) is 13.6. The number of carbonyl (C=O) groups is 1. The Balaban J connectivity index is 2.11. The number of alkyl halides is 1. The van der Waals surface area contributed by atoms with Gasteiger partial charge in [0.1, 0.15) is 5.38 Å². The van der Waals surface area contributed by atoms with Gasteiger partial charge in [-0.3, -0.25) is 9.48 Å². The molecule has 0 N–H and O–H groups in total. The average molecular weight is 258 g/mol. The van der Waals surface area contributed by atoms with Crippen LogP contribution in [0, 0.1) is 0 Å². The van der Waals surface area contributed by atoms with Crippen LogP contribution >= 0.6 is 11.6 Å². The number of nitrogens with zero attached hydrogens (tertiary/aromatic N) is 3. The van der Waals surface area contributed by atoms with E-state index in [0.717, 1.165) is 0 Å². The van der Waals surface area contributed by atoms with Crippen molar-refractivity contribution in [2.75, 3.05) is 20.2 Å². The minimum Gasteiger partial charge on any atom is -0.377 e. The molecule has 0 aliphatic carbocycles. The molecule has 0 aromatic carbocycles. The number of amides is 1. The molecular formula is C11H16ClN3O2. The van der Waals surface area contributed by atoms with Crippen LogP contribution in [0.1, 0.15) is 13.0 Å². The highest BCUT2D eigenvalue weighted by Crippen LogP contribution is 2.24. The van der Waals surface area contributed by atoms with E-state index >= 15 is 0 Å². The second-order valence-corrected chi connectivity index (χ2v) is 4.84. The molecule has 2 heterocycles. The summed E-state index contributed by atoms with van der Waals surface area (Å²) >= 11 is 5.82. The summed E-state index contributed by atoms with van der Waals surface area (Å²) in [5.41, 5.74) is 0. The van der Waals surface area contributed by atoms with Crippen molar-refractivity contribution in [1.82, 2.24) is 14.7 Å². The van der Waals surface area contributed by atoms with Crippen molar-refractivity contribution in [3.63, 3.8) is 0 Å². The van der Waals surface area contributed by atoms with Crippen molar-refractivity contribution in [3.05, 3.63) is 18.5 Å². The number of hydrogen-bond acceptors (Lipinski definition) is 3. The normalized spacial score (nSPS) is 26.2. The maximum atomic E-state index is 11.8. The largest absolute Gasteiger partial charge is 0.377 e. The standard InChI is InChI=1S/C11H16ClN3O2/c1-8(12)11(16)14-6-9(10(7-14)17-2)15-5-3-4-13-15/h3-5,8-10H,6-7H2,1-2H3/t8-,9-,10+/m0/s1. The number of rotatable bonds is 3. The molecule has 1 amide bonds. The number of likely N-dealkylation sites (tertiary alicyclic amines) is 1. The Morgan fingerprint density at radius 3 is 2.88 bits per heavy atom.